The number of methoxy groups -OCH3 is 1. The molecule has 1 aromatic rings. The van der Waals surface area contributed by atoms with Crippen molar-refractivity contribution in [1.82, 2.24) is 15.1 Å². The van der Waals surface area contributed by atoms with Gasteiger partial charge in [-0.25, -0.2) is 0 Å². The highest BCUT2D eigenvalue weighted by Crippen LogP contribution is 2.27. The zero-order chi connectivity index (χ0) is 15.0. The van der Waals surface area contributed by atoms with E-state index in [0.29, 0.717) is 12.1 Å². The molecule has 0 radical (unpaired) electrons. The first-order valence-corrected chi connectivity index (χ1v) is 8.40. The lowest BCUT2D eigenvalue weighted by molar-refractivity contribution is 0.105. The number of aryl methyl sites for hydroxylation is 1. The van der Waals surface area contributed by atoms with Crippen LogP contribution in [0.4, 0.5) is 0 Å². The number of halogens is 1. The van der Waals surface area contributed by atoms with Crippen molar-refractivity contribution in [2.24, 2.45) is 0 Å². The highest BCUT2D eigenvalue weighted by molar-refractivity contribution is 9.10. The summed E-state index contributed by atoms with van der Waals surface area (Å²) in [5.74, 6) is 0. The third-order valence-corrected chi connectivity index (χ3v) is 4.11. The van der Waals surface area contributed by atoms with E-state index in [1.165, 1.54) is 5.69 Å². The maximum Gasteiger partial charge on any atom is 0.0695 e. The molecule has 0 amide bonds. The molecule has 5 heteroatoms. The van der Waals surface area contributed by atoms with Crippen LogP contribution in [-0.4, -0.2) is 29.5 Å². The largest absolute Gasteiger partial charge is 0.382 e. The van der Waals surface area contributed by atoms with E-state index in [2.05, 4.69) is 51.8 Å². The van der Waals surface area contributed by atoms with Gasteiger partial charge in [0.1, 0.15) is 0 Å². The molecular formula is C15H28BrN3O. The van der Waals surface area contributed by atoms with Crippen LogP contribution in [0, 0.1) is 0 Å². The van der Waals surface area contributed by atoms with Crippen molar-refractivity contribution >= 4 is 15.9 Å². The first-order chi connectivity index (χ1) is 9.63. The van der Waals surface area contributed by atoms with E-state index < -0.39 is 0 Å². The van der Waals surface area contributed by atoms with Gasteiger partial charge in [-0.05, 0) is 55.1 Å². The molecule has 116 valence electrons. The van der Waals surface area contributed by atoms with Gasteiger partial charge in [0, 0.05) is 13.7 Å². The second-order valence-corrected chi connectivity index (χ2v) is 6.09. The molecule has 0 aliphatic carbocycles. The summed E-state index contributed by atoms with van der Waals surface area (Å²) in [6.07, 6.45) is 6.53. The average Bonchev–Trinajstić information content (AvgIpc) is 2.80. The number of nitrogens with zero attached hydrogens (tertiary/aromatic N) is 2. The maximum absolute atomic E-state index is 5.37. The van der Waals surface area contributed by atoms with Gasteiger partial charge in [-0.3, -0.25) is 4.68 Å². The van der Waals surface area contributed by atoms with Gasteiger partial charge in [0.2, 0.25) is 0 Å². The summed E-state index contributed by atoms with van der Waals surface area (Å²) >= 11 is 3.65. The van der Waals surface area contributed by atoms with Gasteiger partial charge in [0.25, 0.3) is 0 Å². The molecule has 2 unspecified atom stereocenters. The van der Waals surface area contributed by atoms with E-state index in [9.17, 15) is 0 Å². The monoisotopic (exact) mass is 345 g/mol. The Morgan fingerprint density at radius 1 is 1.35 bits per heavy atom. The predicted molar refractivity (Wildman–Crippen MR) is 87.0 cm³/mol. The van der Waals surface area contributed by atoms with Crippen molar-refractivity contribution in [1.29, 1.82) is 0 Å². The first-order valence-electron chi connectivity index (χ1n) is 7.61. The zero-order valence-electron chi connectivity index (χ0n) is 13.2. The van der Waals surface area contributed by atoms with E-state index in [4.69, 9.17) is 4.74 Å². The normalized spacial score (nSPS) is 14.4. The fourth-order valence-corrected chi connectivity index (χ4v) is 2.85. The Morgan fingerprint density at radius 2 is 2.10 bits per heavy atom. The van der Waals surface area contributed by atoms with E-state index in [-0.39, 0.29) is 0 Å². The standard InChI is InChI=1S/C15H28BrN3O/c1-5-9-17-14(8-7-12(3)20-4)15-13(16)11-18-19(15)10-6-2/h11-12,14,17H,5-10H2,1-4H3. The van der Waals surface area contributed by atoms with E-state index in [1.807, 2.05) is 6.20 Å². The van der Waals surface area contributed by atoms with Gasteiger partial charge in [-0.1, -0.05) is 13.8 Å². The summed E-state index contributed by atoms with van der Waals surface area (Å²) in [5.41, 5.74) is 1.27. The quantitative estimate of drug-likeness (QED) is 0.698. The zero-order valence-corrected chi connectivity index (χ0v) is 14.7. The van der Waals surface area contributed by atoms with Crippen molar-refractivity contribution < 1.29 is 4.74 Å². The highest BCUT2D eigenvalue weighted by atomic mass is 79.9. The fraction of sp³-hybridized carbons (Fsp3) is 0.800. The minimum atomic E-state index is 0.294. The Labute approximate surface area is 131 Å². The number of nitrogens with one attached hydrogen (secondary N) is 1. The van der Waals surface area contributed by atoms with Crippen LogP contribution in [0.1, 0.15) is 58.2 Å². The Morgan fingerprint density at radius 3 is 2.70 bits per heavy atom. The van der Waals surface area contributed by atoms with Crippen molar-refractivity contribution in [2.45, 2.75) is 65.1 Å². The van der Waals surface area contributed by atoms with Gasteiger partial charge in [-0.2, -0.15) is 5.10 Å². The number of hydrogen-bond acceptors (Lipinski definition) is 3. The molecule has 20 heavy (non-hydrogen) atoms. The van der Waals surface area contributed by atoms with Crippen LogP contribution in [-0.2, 0) is 11.3 Å². The summed E-state index contributed by atoms with van der Waals surface area (Å²) in [6.45, 7) is 8.48. The second kappa shape index (κ2) is 9.53. The molecule has 0 aromatic carbocycles. The van der Waals surface area contributed by atoms with Crippen molar-refractivity contribution in [3.63, 3.8) is 0 Å². The molecule has 0 saturated heterocycles. The lowest BCUT2D eigenvalue weighted by Gasteiger charge is -2.22. The maximum atomic E-state index is 5.37. The molecule has 0 aliphatic rings. The smallest absolute Gasteiger partial charge is 0.0695 e. The Bertz CT molecular complexity index is 381. The van der Waals surface area contributed by atoms with Crippen molar-refractivity contribution in [3.8, 4) is 0 Å². The van der Waals surface area contributed by atoms with Crippen LogP contribution in [0.5, 0.6) is 0 Å². The van der Waals surface area contributed by atoms with Crippen LogP contribution in [0.25, 0.3) is 0 Å². The minimum absolute atomic E-state index is 0.294. The summed E-state index contributed by atoms with van der Waals surface area (Å²) in [7, 11) is 1.77. The molecule has 1 rings (SSSR count). The topological polar surface area (TPSA) is 39.1 Å². The predicted octanol–water partition coefficient (Wildman–Crippen LogP) is 3.91. The summed E-state index contributed by atoms with van der Waals surface area (Å²) < 4.78 is 8.59. The highest BCUT2D eigenvalue weighted by Gasteiger charge is 2.20. The molecular weight excluding hydrogens is 318 g/mol. The van der Waals surface area contributed by atoms with Crippen LogP contribution in [0.3, 0.4) is 0 Å². The number of rotatable bonds is 10. The lowest BCUT2D eigenvalue weighted by atomic mass is 10.0. The van der Waals surface area contributed by atoms with Crippen LogP contribution in [0.15, 0.2) is 10.7 Å². The van der Waals surface area contributed by atoms with Crippen LogP contribution >= 0.6 is 15.9 Å². The molecule has 1 aromatic heterocycles. The Balaban J connectivity index is 2.82. The molecule has 0 saturated carbocycles. The van der Waals surface area contributed by atoms with Crippen molar-refractivity contribution in [3.05, 3.63) is 16.4 Å². The van der Waals surface area contributed by atoms with Crippen LogP contribution in [0.2, 0.25) is 0 Å². The summed E-state index contributed by atoms with van der Waals surface area (Å²) in [5, 5.41) is 8.12. The molecule has 0 spiro atoms. The SMILES string of the molecule is CCCNC(CCC(C)OC)c1c(Br)cnn1CCC. The van der Waals surface area contributed by atoms with E-state index in [0.717, 1.165) is 43.2 Å². The average molecular weight is 346 g/mol. The number of hydrogen-bond donors (Lipinski definition) is 1. The lowest BCUT2D eigenvalue weighted by Crippen LogP contribution is -2.26. The van der Waals surface area contributed by atoms with Gasteiger partial charge >= 0.3 is 0 Å². The molecule has 1 N–H and O–H groups in total. The number of ether oxygens (including phenoxy) is 1. The molecule has 4 nitrogen and oxygen atoms in total. The molecule has 0 aliphatic heterocycles. The molecule has 0 bridgehead atoms. The van der Waals surface area contributed by atoms with Gasteiger partial charge in [0.05, 0.1) is 28.5 Å². The summed E-state index contributed by atoms with van der Waals surface area (Å²) in [6, 6.07) is 0.330. The molecule has 0 fully saturated rings. The van der Waals surface area contributed by atoms with Gasteiger partial charge in [-0.15, -0.1) is 0 Å². The number of aromatic nitrogens is 2. The third kappa shape index (κ3) is 5.19. The van der Waals surface area contributed by atoms with E-state index in [1.54, 1.807) is 7.11 Å². The van der Waals surface area contributed by atoms with Crippen LogP contribution < -0.4 is 5.32 Å². The first kappa shape index (κ1) is 17.7. The Hall–Kier alpha value is -0.390. The third-order valence-electron chi connectivity index (χ3n) is 3.50. The van der Waals surface area contributed by atoms with E-state index >= 15 is 0 Å². The molecule has 1 heterocycles. The fourth-order valence-electron chi connectivity index (χ4n) is 2.28. The van der Waals surface area contributed by atoms with Gasteiger partial charge < -0.3 is 10.1 Å². The Kier molecular flexibility index (Phi) is 8.41. The minimum Gasteiger partial charge on any atom is -0.382 e. The van der Waals surface area contributed by atoms with Gasteiger partial charge in [0.15, 0.2) is 0 Å². The summed E-state index contributed by atoms with van der Waals surface area (Å²) in [4.78, 5) is 0. The second-order valence-electron chi connectivity index (χ2n) is 5.23. The van der Waals surface area contributed by atoms with Crippen molar-refractivity contribution in [2.75, 3.05) is 13.7 Å². The molecule has 2 atom stereocenters.